The number of nitrogens with two attached hydrogens (primary N) is 1. The van der Waals surface area contributed by atoms with Crippen LogP contribution in [-0.4, -0.2) is 35.5 Å². The van der Waals surface area contributed by atoms with E-state index < -0.39 is 0 Å². The first-order chi connectivity index (χ1) is 9.49. The molecule has 0 aromatic carbocycles. The second-order valence-electron chi connectivity index (χ2n) is 4.84. The number of aryl methyl sites for hydroxylation is 1. The number of amides is 1. The van der Waals surface area contributed by atoms with Crippen molar-refractivity contribution in [3.05, 3.63) is 11.4 Å². The fourth-order valence-corrected chi connectivity index (χ4v) is 2.06. The summed E-state index contributed by atoms with van der Waals surface area (Å²) >= 11 is 0. The van der Waals surface area contributed by atoms with Crippen LogP contribution >= 0.6 is 0 Å². The minimum absolute atomic E-state index is 0.183. The van der Waals surface area contributed by atoms with Crippen molar-refractivity contribution in [2.24, 2.45) is 5.73 Å². The number of hydrogen-bond donors (Lipinski definition) is 2. The molecule has 112 valence electrons. The number of unbranched alkanes of at least 4 members (excludes halogenated alkanes) is 1. The second-order valence-corrected chi connectivity index (χ2v) is 4.84. The van der Waals surface area contributed by atoms with Crippen LogP contribution in [0.25, 0.3) is 0 Å². The molecular weight excluding hydrogens is 254 g/mol. The normalized spacial score (nSPS) is 10.4. The molecule has 0 saturated carbocycles. The monoisotopic (exact) mass is 279 g/mol. The Bertz CT molecular complexity index is 461. The van der Waals surface area contributed by atoms with Gasteiger partial charge in [0.25, 0.3) is 0 Å². The van der Waals surface area contributed by atoms with Crippen molar-refractivity contribution in [2.45, 2.75) is 40.5 Å². The van der Waals surface area contributed by atoms with E-state index in [1.807, 2.05) is 25.7 Å². The van der Waals surface area contributed by atoms with E-state index in [1.54, 1.807) is 0 Å². The summed E-state index contributed by atoms with van der Waals surface area (Å²) in [4.78, 5) is 22.1. The summed E-state index contributed by atoms with van der Waals surface area (Å²) in [6.07, 6.45) is 2.05. The van der Waals surface area contributed by atoms with E-state index in [1.165, 1.54) is 0 Å². The molecule has 0 aliphatic rings. The summed E-state index contributed by atoms with van der Waals surface area (Å²) in [5.74, 6) is 1.95. The Labute approximate surface area is 120 Å². The Morgan fingerprint density at radius 2 is 2.00 bits per heavy atom. The van der Waals surface area contributed by atoms with Crippen LogP contribution in [-0.2, 0) is 4.79 Å². The average molecular weight is 279 g/mol. The van der Waals surface area contributed by atoms with Crippen LogP contribution in [0.2, 0.25) is 0 Å². The molecule has 1 aromatic heterocycles. The van der Waals surface area contributed by atoms with Crippen molar-refractivity contribution in [2.75, 3.05) is 29.9 Å². The molecule has 0 spiro atoms. The van der Waals surface area contributed by atoms with E-state index >= 15 is 0 Å². The topological polar surface area (TPSA) is 84.1 Å². The lowest BCUT2D eigenvalue weighted by Gasteiger charge is -2.25. The van der Waals surface area contributed by atoms with Crippen LogP contribution in [0.5, 0.6) is 0 Å². The van der Waals surface area contributed by atoms with Gasteiger partial charge in [0.15, 0.2) is 0 Å². The van der Waals surface area contributed by atoms with Gasteiger partial charge >= 0.3 is 0 Å². The number of rotatable bonds is 8. The van der Waals surface area contributed by atoms with Gasteiger partial charge in [0.05, 0.1) is 6.54 Å². The van der Waals surface area contributed by atoms with Crippen molar-refractivity contribution in [1.29, 1.82) is 0 Å². The summed E-state index contributed by atoms with van der Waals surface area (Å²) in [5.41, 5.74) is 6.30. The highest BCUT2D eigenvalue weighted by molar-refractivity contribution is 5.79. The fraction of sp³-hybridized carbons (Fsp3) is 0.643. The lowest BCUT2D eigenvalue weighted by Crippen LogP contribution is -2.36. The van der Waals surface area contributed by atoms with Gasteiger partial charge in [0.1, 0.15) is 17.5 Å². The van der Waals surface area contributed by atoms with E-state index in [9.17, 15) is 4.79 Å². The molecule has 0 unspecified atom stereocenters. The number of carbonyl (C=O) groups excluding carboxylic acids is 1. The van der Waals surface area contributed by atoms with Crippen molar-refractivity contribution in [3.8, 4) is 0 Å². The Morgan fingerprint density at radius 1 is 1.30 bits per heavy atom. The van der Waals surface area contributed by atoms with Crippen molar-refractivity contribution < 1.29 is 4.79 Å². The number of hydrogen-bond acceptors (Lipinski definition) is 5. The number of primary amides is 1. The molecule has 0 aliphatic heterocycles. The molecule has 1 rings (SSSR count). The van der Waals surface area contributed by atoms with Crippen LogP contribution in [0.4, 0.5) is 11.6 Å². The van der Waals surface area contributed by atoms with Gasteiger partial charge in [0, 0.05) is 18.7 Å². The second kappa shape index (κ2) is 7.67. The molecule has 0 bridgehead atoms. The van der Waals surface area contributed by atoms with Crippen LogP contribution in [0.3, 0.4) is 0 Å². The first kappa shape index (κ1) is 16.2. The highest BCUT2D eigenvalue weighted by atomic mass is 16.1. The molecule has 0 aliphatic carbocycles. The summed E-state index contributed by atoms with van der Waals surface area (Å²) in [6.45, 7) is 9.70. The van der Waals surface area contributed by atoms with Gasteiger partial charge in [0.2, 0.25) is 5.91 Å². The standard InChI is InChI=1S/C14H25N5O/c1-5-7-8-19(9-12(15)20)14-10(3)13(16-6-2)17-11(4)18-14/h5-9H2,1-4H3,(H2,15,20)(H,16,17,18). The number of aromatic nitrogens is 2. The maximum atomic E-state index is 11.3. The van der Waals surface area contributed by atoms with E-state index in [0.29, 0.717) is 5.82 Å². The highest BCUT2D eigenvalue weighted by Gasteiger charge is 2.16. The third kappa shape index (κ3) is 4.36. The lowest BCUT2D eigenvalue weighted by atomic mass is 10.2. The number of nitrogens with one attached hydrogen (secondary N) is 1. The van der Waals surface area contributed by atoms with Crippen molar-refractivity contribution >= 4 is 17.5 Å². The largest absolute Gasteiger partial charge is 0.370 e. The Kier molecular flexibility index (Phi) is 6.21. The van der Waals surface area contributed by atoms with Gasteiger partial charge in [-0.05, 0) is 27.2 Å². The number of anilines is 2. The third-order valence-electron chi connectivity index (χ3n) is 3.00. The Balaban J connectivity index is 3.13. The predicted molar refractivity (Wildman–Crippen MR) is 82.0 cm³/mol. The van der Waals surface area contributed by atoms with Crippen molar-refractivity contribution in [1.82, 2.24) is 9.97 Å². The number of nitrogens with zero attached hydrogens (tertiary/aromatic N) is 3. The predicted octanol–water partition coefficient (Wildman–Crippen LogP) is 1.62. The molecular formula is C14H25N5O. The molecule has 0 fully saturated rings. The zero-order chi connectivity index (χ0) is 15.1. The zero-order valence-electron chi connectivity index (χ0n) is 12.9. The minimum atomic E-state index is -0.346. The quantitative estimate of drug-likeness (QED) is 0.755. The molecule has 0 radical (unpaired) electrons. The van der Waals surface area contributed by atoms with Gasteiger partial charge < -0.3 is 16.0 Å². The molecule has 0 atom stereocenters. The highest BCUT2D eigenvalue weighted by Crippen LogP contribution is 2.23. The summed E-state index contributed by atoms with van der Waals surface area (Å²) in [7, 11) is 0. The molecule has 1 aromatic rings. The number of carbonyl (C=O) groups is 1. The van der Waals surface area contributed by atoms with Crippen LogP contribution in [0.15, 0.2) is 0 Å². The molecule has 1 amide bonds. The van der Waals surface area contributed by atoms with Gasteiger partial charge in [-0.15, -0.1) is 0 Å². The van der Waals surface area contributed by atoms with Crippen LogP contribution in [0.1, 0.15) is 38.1 Å². The third-order valence-corrected chi connectivity index (χ3v) is 3.00. The van der Waals surface area contributed by atoms with Gasteiger partial charge in [-0.2, -0.15) is 0 Å². The zero-order valence-corrected chi connectivity index (χ0v) is 12.9. The SMILES string of the molecule is CCCCN(CC(N)=O)c1nc(C)nc(NCC)c1C. The molecule has 1 heterocycles. The minimum Gasteiger partial charge on any atom is -0.370 e. The molecule has 6 heteroatoms. The molecule has 6 nitrogen and oxygen atoms in total. The Morgan fingerprint density at radius 3 is 2.55 bits per heavy atom. The Hall–Kier alpha value is -1.85. The van der Waals surface area contributed by atoms with E-state index in [0.717, 1.165) is 43.1 Å². The molecule has 0 saturated heterocycles. The van der Waals surface area contributed by atoms with Crippen LogP contribution < -0.4 is 16.0 Å². The van der Waals surface area contributed by atoms with E-state index in [4.69, 9.17) is 5.73 Å². The van der Waals surface area contributed by atoms with Gasteiger partial charge in [-0.25, -0.2) is 9.97 Å². The lowest BCUT2D eigenvalue weighted by molar-refractivity contribution is -0.116. The summed E-state index contributed by atoms with van der Waals surface area (Å²) < 4.78 is 0. The maximum absolute atomic E-state index is 11.3. The van der Waals surface area contributed by atoms with Crippen LogP contribution in [0, 0.1) is 13.8 Å². The fourth-order valence-electron chi connectivity index (χ4n) is 2.06. The smallest absolute Gasteiger partial charge is 0.236 e. The van der Waals surface area contributed by atoms with Gasteiger partial charge in [-0.3, -0.25) is 4.79 Å². The van der Waals surface area contributed by atoms with E-state index in [2.05, 4.69) is 22.2 Å². The average Bonchev–Trinajstić information content (AvgIpc) is 2.38. The first-order valence-electron chi connectivity index (χ1n) is 7.11. The summed E-state index contributed by atoms with van der Waals surface area (Å²) in [5, 5.41) is 3.23. The summed E-state index contributed by atoms with van der Waals surface area (Å²) in [6, 6.07) is 0. The maximum Gasteiger partial charge on any atom is 0.236 e. The van der Waals surface area contributed by atoms with Gasteiger partial charge in [-0.1, -0.05) is 13.3 Å². The molecule has 3 N–H and O–H groups in total. The molecule has 20 heavy (non-hydrogen) atoms. The van der Waals surface area contributed by atoms with Crippen molar-refractivity contribution in [3.63, 3.8) is 0 Å². The van der Waals surface area contributed by atoms with E-state index in [-0.39, 0.29) is 12.5 Å². The first-order valence-corrected chi connectivity index (χ1v) is 7.11.